The van der Waals surface area contributed by atoms with Crippen molar-refractivity contribution in [3.8, 4) is 16.9 Å². The van der Waals surface area contributed by atoms with Crippen LogP contribution in [0.2, 0.25) is 5.02 Å². The van der Waals surface area contributed by atoms with E-state index >= 15 is 0 Å². The van der Waals surface area contributed by atoms with Gasteiger partial charge < -0.3 is 15.1 Å². The number of pyridine rings is 1. The van der Waals surface area contributed by atoms with Gasteiger partial charge in [-0.25, -0.2) is 4.98 Å². The molecule has 0 aliphatic carbocycles. The van der Waals surface area contributed by atoms with Crippen molar-refractivity contribution >= 4 is 31.5 Å². The standard InChI is InChI=1S/C14H12BClN2O4/c15-22-11-5-9(8-2-1-3-10(16)4-8)6-17-13(11)14(21)18-7-12(19)20/h1-6H,7,15H2,(H,18,21)(H,19,20). The molecule has 8 heteroatoms. The summed E-state index contributed by atoms with van der Waals surface area (Å²) < 4.78 is 5.16. The van der Waals surface area contributed by atoms with E-state index in [1.165, 1.54) is 14.2 Å². The van der Waals surface area contributed by atoms with Crippen molar-refractivity contribution in [2.45, 2.75) is 0 Å². The number of halogens is 1. The Kier molecular flexibility index (Phi) is 5.01. The van der Waals surface area contributed by atoms with E-state index < -0.39 is 18.4 Å². The van der Waals surface area contributed by atoms with Crippen LogP contribution in [0.25, 0.3) is 11.1 Å². The van der Waals surface area contributed by atoms with Crippen molar-refractivity contribution in [2.75, 3.05) is 6.54 Å². The van der Waals surface area contributed by atoms with Gasteiger partial charge >= 0.3 is 14.0 Å². The summed E-state index contributed by atoms with van der Waals surface area (Å²) in [5.74, 6) is -1.50. The Morgan fingerprint density at radius 2 is 2.09 bits per heavy atom. The third kappa shape index (κ3) is 3.76. The molecule has 0 bridgehead atoms. The Balaban J connectivity index is 2.31. The molecule has 0 spiro atoms. The summed E-state index contributed by atoms with van der Waals surface area (Å²) in [5.41, 5.74) is 1.58. The maximum atomic E-state index is 11.9. The molecule has 1 aromatic carbocycles. The number of carbonyl (C=O) groups is 2. The van der Waals surface area contributed by atoms with Gasteiger partial charge in [0.15, 0.2) is 5.69 Å². The molecule has 112 valence electrons. The van der Waals surface area contributed by atoms with Crippen LogP contribution in [0.5, 0.6) is 5.75 Å². The van der Waals surface area contributed by atoms with Crippen molar-refractivity contribution in [2.24, 2.45) is 0 Å². The van der Waals surface area contributed by atoms with Crippen molar-refractivity contribution < 1.29 is 19.3 Å². The number of benzene rings is 1. The summed E-state index contributed by atoms with van der Waals surface area (Å²) in [5, 5.41) is 11.4. The highest BCUT2D eigenvalue weighted by Crippen LogP contribution is 2.27. The minimum atomic E-state index is -1.14. The predicted molar refractivity (Wildman–Crippen MR) is 83.8 cm³/mol. The molecule has 1 amide bonds. The van der Waals surface area contributed by atoms with Crippen LogP contribution in [0.3, 0.4) is 0 Å². The third-order valence-electron chi connectivity index (χ3n) is 2.85. The summed E-state index contributed by atoms with van der Waals surface area (Å²) >= 11 is 5.95. The van der Waals surface area contributed by atoms with Crippen molar-refractivity contribution in [3.05, 3.63) is 47.2 Å². The zero-order chi connectivity index (χ0) is 16.1. The zero-order valence-electron chi connectivity index (χ0n) is 11.7. The van der Waals surface area contributed by atoms with Gasteiger partial charge in [0, 0.05) is 16.8 Å². The molecular weight excluding hydrogens is 306 g/mol. The number of carboxylic acid groups (broad SMARTS) is 1. The number of aliphatic carboxylic acids is 1. The first-order valence-corrected chi connectivity index (χ1v) is 6.69. The van der Waals surface area contributed by atoms with Crippen LogP contribution in [-0.2, 0) is 4.79 Å². The quantitative estimate of drug-likeness (QED) is 0.807. The number of hydrogen-bond donors (Lipinski definition) is 2. The van der Waals surface area contributed by atoms with E-state index in [9.17, 15) is 9.59 Å². The first-order chi connectivity index (χ1) is 10.5. The van der Waals surface area contributed by atoms with E-state index in [1.807, 2.05) is 6.07 Å². The van der Waals surface area contributed by atoms with Gasteiger partial charge in [-0.05, 0) is 23.8 Å². The summed E-state index contributed by atoms with van der Waals surface area (Å²) in [6.07, 6.45) is 1.50. The molecule has 0 atom stereocenters. The van der Waals surface area contributed by atoms with E-state index in [1.54, 1.807) is 24.3 Å². The van der Waals surface area contributed by atoms with Crippen molar-refractivity contribution in [1.29, 1.82) is 0 Å². The number of hydrogen-bond acceptors (Lipinski definition) is 4. The molecule has 0 aliphatic rings. The summed E-state index contributed by atoms with van der Waals surface area (Å²) in [4.78, 5) is 26.4. The van der Waals surface area contributed by atoms with Gasteiger partial charge in [-0.1, -0.05) is 23.7 Å². The second kappa shape index (κ2) is 6.95. The van der Waals surface area contributed by atoms with Crippen LogP contribution in [0, 0.1) is 0 Å². The molecule has 1 aromatic heterocycles. The minimum Gasteiger partial charge on any atom is -0.566 e. The zero-order valence-corrected chi connectivity index (χ0v) is 12.4. The van der Waals surface area contributed by atoms with Gasteiger partial charge in [-0.3, -0.25) is 9.59 Å². The van der Waals surface area contributed by atoms with Gasteiger partial charge in [0.2, 0.25) is 0 Å². The number of rotatable bonds is 5. The summed E-state index contributed by atoms with van der Waals surface area (Å²) in [7, 11) is 1.41. The highest BCUT2D eigenvalue weighted by molar-refractivity contribution is 6.30. The average molecular weight is 319 g/mol. The van der Waals surface area contributed by atoms with E-state index in [0.29, 0.717) is 5.02 Å². The van der Waals surface area contributed by atoms with Crippen LogP contribution in [0.15, 0.2) is 36.5 Å². The molecule has 0 aliphatic heterocycles. The van der Waals surface area contributed by atoms with Gasteiger partial charge in [0.1, 0.15) is 12.3 Å². The van der Waals surface area contributed by atoms with E-state index in [2.05, 4.69) is 10.3 Å². The topological polar surface area (TPSA) is 88.5 Å². The molecule has 2 N–H and O–H groups in total. The highest BCUT2D eigenvalue weighted by Gasteiger charge is 2.15. The first kappa shape index (κ1) is 15.8. The largest absolute Gasteiger partial charge is 0.566 e. The molecule has 2 rings (SSSR count). The summed E-state index contributed by atoms with van der Waals surface area (Å²) in [6, 6.07) is 8.82. The molecule has 0 unspecified atom stereocenters. The van der Waals surface area contributed by atoms with Gasteiger partial charge in [-0.15, -0.1) is 0 Å². The number of nitrogens with one attached hydrogen (secondary N) is 1. The molecule has 0 radical (unpaired) electrons. The molecule has 0 saturated heterocycles. The first-order valence-electron chi connectivity index (χ1n) is 6.31. The smallest absolute Gasteiger partial charge is 0.322 e. The lowest BCUT2D eigenvalue weighted by Gasteiger charge is -2.10. The lowest BCUT2D eigenvalue weighted by molar-refractivity contribution is -0.135. The van der Waals surface area contributed by atoms with Crippen LogP contribution < -0.4 is 9.97 Å². The maximum absolute atomic E-state index is 11.9. The van der Waals surface area contributed by atoms with E-state index in [-0.39, 0.29) is 11.4 Å². The van der Waals surface area contributed by atoms with Crippen molar-refractivity contribution in [3.63, 3.8) is 0 Å². The van der Waals surface area contributed by atoms with Crippen molar-refractivity contribution in [1.82, 2.24) is 10.3 Å². The van der Waals surface area contributed by atoms with Gasteiger partial charge in [0.05, 0.1) is 0 Å². The second-order valence-electron chi connectivity index (χ2n) is 4.36. The number of carboxylic acids is 1. The normalized spacial score (nSPS) is 10.0. The number of amides is 1. The molecular formula is C14H12BClN2O4. The molecule has 2 aromatic rings. The molecule has 6 nitrogen and oxygen atoms in total. The van der Waals surface area contributed by atoms with Crippen LogP contribution >= 0.6 is 11.6 Å². The Labute approximate surface area is 132 Å². The average Bonchev–Trinajstić information content (AvgIpc) is 2.52. The fourth-order valence-corrected chi connectivity index (χ4v) is 2.03. The van der Waals surface area contributed by atoms with Gasteiger partial charge in [-0.2, -0.15) is 0 Å². The fourth-order valence-electron chi connectivity index (χ4n) is 1.84. The lowest BCUT2D eigenvalue weighted by Crippen LogP contribution is -2.30. The Bertz CT molecular complexity index is 724. The van der Waals surface area contributed by atoms with E-state index in [0.717, 1.165) is 11.1 Å². The number of aromatic nitrogens is 1. The van der Waals surface area contributed by atoms with Crippen LogP contribution in [0.4, 0.5) is 0 Å². The fraction of sp³-hybridized carbons (Fsp3) is 0.0714. The highest BCUT2D eigenvalue weighted by atomic mass is 35.5. The lowest BCUT2D eigenvalue weighted by atomic mass is 10.1. The second-order valence-corrected chi connectivity index (χ2v) is 4.80. The van der Waals surface area contributed by atoms with E-state index in [4.69, 9.17) is 21.4 Å². The van der Waals surface area contributed by atoms with Crippen LogP contribution in [-0.4, -0.2) is 36.6 Å². The monoisotopic (exact) mass is 318 g/mol. The maximum Gasteiger partial charge on any atom is 0.322 e. The molecule has 22 heavy (non-hydrogen) atoms. The Morgan fingerprint density at radius 1 is 1.32 bits per heavy atom. The minimum absolute atomic E-state index is 0.0227. The molecule has 0 fully saturated rings. The Morgan fingerprint density at radius 3 is 2.73 bits per heavy atom. The van der Waals surface area contributed by atoms with Crippen LogP contribution in [0.1, 0.15) is 10.5 Å². The number of carbonyl (C=O) groups excluding carboxylic acids is 1. The Hall–Kier alpha value is -2.54. The molecule has 0 saturated carbocycles. The molecule has 1 heterocycles. The number of nitrogens with zero attached hydrogens (tertiary/aromatic N) is 1. The van der Waals surface area contributed by atoms with Gasteiger partial charge in [0.25, 0.3) is 5.91 Å². The SMILES string of the molecule is BOc1cc(-c2cccc(Cl)c2)cnc1C(=O)NCC(=O)O. The predicted octanol–water partition coefficient (Wildman–Crippen LogP) is 1.14. The third-order valence-corrected chi connectivity index (χ3v) is 3.08. The summed E-state index contributed by atoms with van der Waals surface area (Å²) in [6.45, 7) is -0.486.